The Morgan fingerprint density at radius 2 is 1.16 bits per heavy atom. The number of ether oxygens (including phenoxy) is 6. The van der Waals surface area contributed by atoms with Crippen LogP contribution in [0.3, 0.4) is 0 Å². The Bertz CT molecular complexity index is 1870. The topological polar surface area (TPSA) is 96.0 Å². The molecule has 2 amide bonds. The highest BCUT2D eigenvalue weighted by Crippen LogP contribution is 2.36. The van der Waals surface area contributed by atoms with Gasteiger partial charge in [-0.05, 0) is 63.3 Å². The van der Waals surface area contributed by atoms with E-state index in [9.17, 15) is 9.59 Å². The Hall–Kier alpha value is -5.00. The minimum Gasteiger partial charge on any atom is -0.445 e. The van der Waals surface area contributed by atoms with Gasteiger partial charge in [-0.3, -0.25) is 9.80 Å². The summed E-state index contributed by atoms with van der Waals surface area (Å²) in [5.74, 6) is 0. The first-order valence-corrected chi connectivity index (χ1v) is 19.7. The van der Waals surface area contributed by atoms with Crippen molar-refractivity contribution in [2.75, 3.05) is 13.2 Å². The summed E-state index contributed by atoms with van der Waals surface area (Å²) in [4.78, 5) is 31.4. The standard InChI is InChI=1S/C47H56N2O8/c1-46(2,3)57-45(51)49-39(33-56-47(49,4)5)27-18-28-40-42(53-30-36-21-12-7-13-22-36)43(54-31-37-23-14-8-15-24-37)41(34-52-29-35-19-10-6-11-20-35)48(40)44(50)55-32-38-25-16-9-17-26-38/h6-27,39-43H,28-34H2,1-5H3/b27-18+/t39-,40+,41+,42+,43+/m0/s1. The van der Waals surface area contributed by atoms with E-state index in [1.165, 1.54) is 0 Å². The molecule has 0 saturated carbocycles. The van der Waals surface area contributed by atoms with E-state index in [-0.39, 0.29) is 13.2 Å². The van der Waals surface area contributed by atoms with Gasteiger partial charge in [0.25, 0.3) is 0 Å². The second-order valence-corrected chi connectivity index (χ2v) is 15.9. The van der Waals surface area contributed by atoms with Crippen LogP contribution in [-0.4, -0.2) is 76.9 Å². The number of rotatable bonds is 15. The molecule has 10 heteroatoms. The van der Waals surface area contributed by atoms with Crippen LogP contribution in [0.5, 0.6) is 0 Å². The second-order valence-electron chi connectivity index (χ2n) is 15.9. The highest BCUT2D eigenvalue weighted by molar-refractivity contribution is 5.70. The van der Waals surface area contributed by atoms with Crippen molar-refractivity contribution in [1.29, 1.82) is 0 Å². The molecule has 0 bridgehead atoms. The van der Waals surface area contributed by atoms with Crippen molar-refractivity contribution in [1.82, 2.24) is 9.80 Å². The fourth-order valence-electron chi connectivity index (χ4n) is 7.32. The normalized spacial score (nSPS) is 21.9. The van der Waals surface area contributed by atoms with Crippen LogP contribution < -0.4 is 0 Å². The predicted octanol–water partition coefficient (Wildman–Crippen LogP) is 9.08. The van der Waals surface area contributed by atoms with Crippen LogP contribution in [0.2, 0.25) is 0 Å². The van der Waals surface area contributed by atoms with Gasteiger partial charge in [0.2, 0.25) is 0 Å². The maximum Gasteiger partial charge on any atom is 0.413 e. The van der Waals surface area contributed by atoms with Crippen LogP contribution in [-0.2, 0) is 54.8 Å². The average molecular weight is 777 g/mol. The zero-order valence-corrected chi connectivity index (χ0v) is 33.7. The van der Waals surface area contributed by atoms with Crippen LogP contribution in [0.4, 0.5) is 9.59 Å². The minimum atomic E-state index is -0.878. The van der Waals surface area contributed by atoms with Gasteiger partial charge in [0, 0.05) is 0 Å². The second kappa shape index (κ2) is 19.4. The maximum atomic E-state index is 14.5. The lowest BCUT2D eigenvalue weighted by Crippen LogP contribution is -2.49. The summed E-state index contributed by atoms with van der Waals surface area (Å²) in [6, 6.07) is 38.0. The van der Waals surface area contributed by atoms with Crippen molar-refractivity contribution in [2.45, 2.75) is 109 Å². The van der Waals surface area contributed by atoms with E-state index in [0.29, 0.717) is 32.8 Å². The third-order valence-corrected chi connectivity index (χ3v) is 10.0. The lowest BCUT2D eigenvalue weighted by Gasteiger charge is -2.34. The molecule has 10 nitrogen and oxygen atoms in total. The Kier molecular flexibility index (Phi) is 14.2. The van der Waals surface area contributed by atoms with Crippen molar-refractivity contribution < 1.29 is 38.0 Å². The summed E-state index contributed by atoms with van der Waals surface area (Å²) < 4.78 is 38.0. The molecule has 2 aliphatic heterocycles. The molecule has 0 radical (unpaired) electrons. The van der Waals surface area contributed by atoms with Crippen molar-refractivity contribution in [3.63, 3.8) is 0 Å². The van der Waals surface area contributed by atoms with Gasteiger partial charge in [-0.25, -0.2) is 9.59 Å². The number of carbonyl (C=O) groups excluding carboxylic acids is 2. The fraction of sp³-hybridized carbons (Fsp3) is 0.404. The van der Waals surface area contributed by atoms with E-state index >= 15 is 0 Å². The van der Waals surface area contributed by atoms with Crippen LogP contribution in [0.1, 0.15) is 63.3 Å². The van der Waals surface area contributed by atoms with Crippen LogP contribution in [0.25, 0.3) is 0 Å². The largest absolute Gasteiger partial charge is 0.445 e. The number of amides is 2. The summed E-state index contributed by atoms with van der Waals surface area (Å²) in [5, 5.41) is 0. The first-order chi connectivity index (χ1) is 27.5. The lowest BCUT2D eigenvalue weighted by molar-refractivity contribution is -0.0861. The molecular formula is C47H56N2O8. The SMILES string of the molecule is CC(C)(C)OC(=O)N1[C@@H](/C=C/C[C@@H]2[C@@H](OCc3ccccc3)[C@H](OCc3ccccc3)[C@@H](COCc3ccccc3)N2C(=O)OCc2ccccc2)COC1(C)C. The van der Waals surface area contributed by atoms with E-state index in [2.05, 4.69) is 0 Å². The zero-order valence-electron chi connectivity index (χ0n) is 33.7. The molecule has 5 atom stereocenters. The van der Waals surface area contributed by atoms with Crippen LogP contribution in [0, 0.1) is 0 Å². The number of hydrogen-bond acceptors (Lipinski definition) is 8. The zero-order chi connectivity index (χ0) is 40.3. The molecule has 0 aliphatic carbocycles. The maximum absolute atomic E-state index is 14.5. The van der Waals surface area contributed by atoms with Crippen LogP contribution >= 0.6 is 0 Å². The molecule has 0 aromatic heterocycles. The molecule has 4 aromatic rings. The quantitative estimate of drug-likeness (QED) is 0.110. The molecule has 302 valence electrons. The fourth-order valence-corrected chi connectivity index (χ4v) is 7.32. The molecule has 57 heavy (non-hydrogen) atoms. The summed E-state index contributed by atoms with van der Waals surface area (Å²) in [7, 11) is 0. The molecule has 2 fully saturated rings. The van der Waals surface area contributed by atoms with Gasteiger partial charge in [-0.1, -0.05) is 133 Å². The van der Waals surface area contributed by atoms with E-state index in [1.54, 1.807) is 9.80 Å². The summed E-state index contributed by atoms with van der Waals surface area (Å²) in [6.07, 6.45) is 2.21. The molecule has 0 unspecified atom stereocenters. The van der Waals surface area contributed by atoms with Crippen LogP contribution in [0.15, 0.2) is 133 Å². The van der Waals surface area contributed by atoms with E-state index < -0.39 is 53.8 Å². The summed E-state index contributed by atoms with van der Waals surface area (Å²) in [5.41, 5.74) is 2.33. The van der Waals surface area contributed by atoms with Crippen molar-refractivity contribution in [3.8, 4) is 0 Å². The third-order valence-electron chi connectivity index (χ3n) is 10.0. The lowest BCUT2D eigenvalue weighted by atomic mass is 10.0. The average Bonchev–Trinajstić information content (AvgIpc) is 3.67. The molecular weight excluding hydrogens is 721 g/mol. The highest BCUT2D eigenvalue weighted by Gasteiger charge is 2.53. The molecule has 6 rings (SSSR count). The molecule has 2 aliphatic rings. The van der Waals surface area contributed by atoms with Gasteiger partial charge in [-0.15, -0.1) is 0 Å². The number of benzene rings is 4. The van der Waals surface area contributed by atoms with Crippen molar-refractivity contribution in [3.05, 3.63) is 156 Å². The van der Waals surface area contributed by atoms with Gasteiger partial charge in [0.1, 0.15) is 30.1 Å². The van der Waals surface area contributed by atoms with Crippen molar-refractivity contribution >= 4 is 12.2 Å². The predicted molar refractivity (Wildman–Crippen MR) is 218 cm³/mol. The number of hydrogen-bond donors (Lipinski definition) is 0. The van der Waals surface area contributed by atoms with E-state index in [0.717, 1.165) is 22.3 Å². The minimum absolute atomic E-state index is 0.0980. The number of nitrogens with zero attached hydrogens (tertiary/aromatic N) is 2. The Balaban J connectivity index is 1.34. The monoisotopic (exact) mass is 776 g/mol. The molecule has 2 saturated heterocycles. The van der Waals surface area contributed by atoms with E-state index in [1.807, 2.05) is 168 Å². The molecule has 2 heterocycles. The van der Waals surface area contributed by atoms with Crippen molar-refractivity contribution in [2.24, 2.45) is 0 Å². The van der Waals surface area contributed by atoms with Gasteiger partial charge in [0.15, 0.2) is 0 Å². The Morgan fingerprint density at radius 3 is 1.67 bits per heavy atom. The Labute approximate surface area is 337 Å². The van der Waals surface area contributed by atoms with Gasteiger partial charge in [-0.2, -0.15) is 0 Å². The number of likely N-dealkylation sites (tertiary alicyclic amines) is 1. The first-order valence-electron chi connectivity index (χ1n) is 19.7. The Morgan fingerprint density at radius 1 is 0.684 bits per heavy atom. The van der Waals surface area contributed by atoms with Gasteiger partial charge in [0.05, 0.1) is 51.2 Å². The first kappa shape index (κ1) is 41.6. The number of carbonyl (C=O) groups is 2. The third kappa shape index (κ3) is 11.5. The van der Waals surface area contributed by atoms with Gasteiger partial charge < -0.3 is 28.4 Å². The van der Waals surface area contributed by atoms with E-state index in [4.69, 9.17) is 28.4 Å². The molecule has 0 spiro atoms. The summed E-state index contributed by atoms with van der Waals surface area (Å²) >= 11 is 0. The highest BCUT2D eigenvalue weighted by atomic mass is 16.6. The van der Waals surface area contributed by atoms with Gasteiger partial charge >= 0.3 is 12.2 Å². The molecule has 4 aromatic carbocycles. The summed E-state index contributed by atoms with van der Waals surface area (Å²) in [6.45, 7) is 10.8. The molecule has 0 N–H and O–H groups in total. The smallest absolute Gasteiger partial charge is 0.413 e.